The fourth-order valence-electron chi connectivity index (χ4n) is 5.67. The first-order valence-electron chi connectivity index (χ1n) is 14.7. The average molecular weight is 682 g/mol. The topological polar surface area (TPSA) is 85.4 Å². The molecular formula is C30H54BrN2O6PS. The standard InChI is InChI=1S/C30H54BrN2O6PS/c1-13-37-40(34,38-14-2)27(29(7,8)9)33(30(10,11)12)39-22(3)26-21-32(20-23(26)19-28(4,5)6)41(35,36)25-17-15-24(31)16-18-25/h15-18,22-23,26-27H,13-14,19-21H2,1-12H3. The van der Waals surface area contributed by atoms with Gasteiger partial charge in [0.15, 0.2) is 0 Å². The highest BCUT2D eigenvalue weighted by Gasteiger charge is 2.53. The van der Waals surface area contributed by atoms with Crippen molar-refractivity contribution in [2.75, 3.05) is 26.3 Å². The molecule has 1 aliphatic rings. The van der Waals surface area contributed by atoms with Gasteiger partial charge in [-0.1, -0.05) is 57.5 Å². The van der Waals surface area contributed by atoms with Gasteiger partial charge in [-0.15, -0.1) is 0 Å². The molecule has 0 aliphatic carbocycles. The Kier molecular flexibility index (Phi) is 12.4. The molecule has 4 unspecified atom stereocenters. The van der Waals surface area contributed by atoms with Gasteiger partial charge in [0.25, 0.3) is 0 Å². The zero-order chi connectivity index (χ0) is 31.6. The van der Waals surface area contributed by atoms with Crippen LogP contribution < -0.4 is 0 Å². The van der Waals surface area contributed by atoms with Crippen LogP contribution in [0.25, 0.3) is 0 Å². The summed E-state index contributed by atoms with van der Waals surface area (Å²) in [5, 5.41) is 1.81. The third-order valence-corrected chi connectivity index (χ3v) is 12.4. The van der Waals surface area contributed by atoms with Crippen LogP contribution in [-0.4, -0.2) is 61.5 Å². The molecule has 0 radical (unpaired) electrons. The summed E-state index contributed by atoms with van der Waals surface area (Å²) < 4.78 is 55.9. The van der Waals surface area contributed by atoms with Crippen molar-refractivity contribution in [3.8, 4) is 0 Å². The van der Waals surface area contributed by atoms with Crippen LogP contribution in [0.1, 0.15) is 89.5 Å². The van der Waals surface area contributed by atoms with Crippen LogP contribution in [0, 0.1) is 22.7 Å². The Hall–Kier alpha value is -0.320. The van der Waals surface area contributed by atoms with Crippen molar-refractivity contribution in [2.45, 2.75) is 112 Å². The molecule has 41 heavy (non-hydrogen) atoms. The Morgan fingerprint density at radius 3 is 1.90 bits per heavy atom. The van der Waals surface area contributed by atoms with Crippen LogP contribution in [0.2, 0.25) is 0 Å². The van der Waals surface area contributed by atoms with Gasteiger partial charge in [-0.25, -0.2) is 8.42 Å². The molecule has 1 aromatic rings. The lowest BCUT2D eigenvalue weighted by atomic mass is 9.78. The largest absolute Gasteiger partial charge is 0.350 e. The van der Waals surface area contributed by atoms with Crippen molar-refractivity contribution in [3.63, 3.8) is 0 Å². The van der Waals surface area contributed by atoms with Gasteiger partial charge in [-0.05, 0) is 89.0 Å². The predicted molar refractivity (Wildman–Crippen MR) is 170 cm³/mol. The molecule has 1 saturated heterocycles. The quantitative estimate of drug-likeness (QED) is 0.163. The minimum atomic E-state index is -3.69. The third kappa shape index (κ3) is 9.58. The third-order valence-electron chi connectivity index (χ3n) is 7.24. The Balaban J connectivity index is 2.52. The monoisotopic (exact) mass is 680 g/mol. The van der Waals surface area contributed by atoms with Gasteiger partial charge in [0.1, 0.15) is 5.78 Å². The highest BCUT2D eigenvalue weighted by Crippen LogP contribution is 2.61. The van der Waals surface area contributed by atoms with E-state index in [4.69, 9.17) is 13.9 Å². The lowest BCUT2D eigenvalue weighted by Crippen LogP contribution is -2.55. The second-order valence-electron chi connectivity index (χ2n) is 14.4. The summed E-state index contributed by atoms with van der Waals surface area (Å²) in [5.41, 5.74) is -1.08. The molecule has 0 bridgehead atoms. The van der Waals surface area contributed by atoms with E-state index in [0.29, 0.717) is 13.1 Å². The van der Waals surface area contributed by atoms with E-state index in [1.807, 2.05) is 67.4 Å². The molecule has 1 heterocycles. The Labute approximate surface area is 258 Å². The van der Waals surface area contributed by atoms with Crippen molar-refractivity contribution in [1.82, 2.24) is 9.37 Å². The van der Waals surface area contributed by atoms with E-state index in [9.17, 15) is 13.0 Å². The highest BCUT2D eigenvalue weighted by molar-refractivity contribution is 9.10. The normalized spacial score (nSPS) is 21.4. The molecule has 0 saturated carbocycles. The van der Waals surface area contributed by atoms with E-state index in [1.54, 1.807) is 28.6 Å². The molecule has 0 amide bonds. The molecule has 0 spiro atoms. The summed E-state index contributed by atoms with van der Waals surface area (Å²) in [6, 6.07) is 6.78. The van der Waals surface area contributed by atoms with Crippen molar-refractivity contribution in [1.29, 1.82) is 0 Å². The molecule has 11 heteroatoms. The van der Waals surface area contributed by atoms with E-state index in [-0.39, 0.29) is 41.5 Å². The number of halogens is 1. The van der Waals surface area contributed by atoms with Crippen LogP contribution in [0.5, 0.6) is 0 Å². The minimum Gasteiger partial charge on any atom is -0.308 e. The fourth-order valence-corrected chi connectivity index (χ4v) is 10.2. The molecule has 0 aromatic heterocycles. The SMILES string of the molecule is CCOP(=O)(OCC)C(N(OC(C)C1CN(S(=O)(=O)c2ccc(Br)cc2)CC1CC(C)(C)C)C(C)(C)C)C(C)(C)C. The average Bonchev–Trinajstić information content (AvgIpc) is 3.20. The zero-order valence-electron chi connectivity index (χ0n) is 27.2. The molecule has 2 rings (SSSR count). The zero-order valence-corrected chi connectivity index (χ0v) is 30.5. The van der Waals surface area contributed by atoms with Crippen molar-refractivity contribution in [3.05, 3.63) is 28.7 Å². The van der Waals surface area contributed by atoms with Crippen LogP contribution >= 0.6 is 23.5 Å². The summed E-state index contributed by atoms with van der Waals surface area (Å²) in [6.45, 7) is 25.5. The number of nitrogens with zero attached hydrogens (tertiary/aromatic N) is 2. The van der Waals surface area contributed by atoms with Crippen molar-refractivity contribution < 1.29 is 26.9 Å². The van der Waals surface area contributed by atoms with E-state index in [0.717, 1.165) is 10.9 Å². The van der Waals surface area contributed by atoms with Crippen LogP contribution in [0.4, 0.5) is 0 Å². The molecule has 1 aliphatic heterocycles. The lowest BCUT2D eigenvalue weighted by molar-refractivity contribution is -0.273. The Morgan fingerprint density at radius 2 is 1.49 bits per heavy atom. The predicted octanol–water partition coefficient (Wildman–Crippen LogP) is 8.18. The minimum absolute atomic E-state index is 0.00266. The second kappa shape index (κ2) is 13.8. The van der Waals surface area contributed by atoms with E-state index >= 15 is 0 Å². The number of sulfonamides is 1. The molecule has 1 aromatic carbocycles. The Morgan fingerprint density at radius 1 is 0.976 bits per heavy atom. The molecule has 8 nitrogen and oxygen atoms in total. The Bertz CT molecular complexity index is 1130. The second-order valence-corrected chi connectivity index (χ2v) is 19.3. The maximum atomic E-state index is 14.3. The first-order chi connectivity index (χ1) is 18.6. The van der Waals surface area contributed by atoms with E-state index < -0.39 is 34.4 Å². The van der Waals surface area contributed by atoms with Crippen LogP contribution in [-0.2, 0) is 28.5 Å². The fraction of sp³-hybridized carbons (Fsp3) is 0.800. The van der Waals surface area contributed by atoms with E-state index in [1.165, 1.54) is 0 Å². The van der Waals surface area contributed by atoms with Gasteiger partial charge >= 0.3 is 7.60 Å². The maximum absolute atomic E-state index is 14.3. The van der Waals surface area contributed by atoms with Gasteiger partial charge in [0, 0.05) is 29.0 Å². The smallest absolute Gasteiger partial charge is 0.308 e. The highest BCUT2D eigenvalue weighted by atomic mass is 79.9. The van der Waals surface area contributed by atoms with Crippen LogP contribution in [0.15, 0.2) is 33.6 Å². The molecule has 4 atom stereocenters. The van der Waals surface area contributed by atoms with Crippen LogP contribution in [0.3, 0.4) is 0 Å². The van der Waals surface area contributed by atoms with Gasteiger partial charge in [-0.2, -0.15) is 9.37 Å². The summed E-state index contributed by atoms with van der Waals surface area (Å²) in [4.78, 5) is 7.11. The van der Waals surface area contributed by atoms with Gasteiger partial charge in [0.2, 0.25) is 10.0 Å². The first kappa shape index (κ1) is 36.9. The number of rotatable bonds is 12. The number of hydrogen-bond acceptors (Lipinski definition) is 7. The lowest BCUT2D eigenvalue weighted by Gasteiger charge is -2.49. The number of hydrogen-bond donors (Lipinski definition) is 0. The molecule has 1 fully saturated rings. The van der Waals surface area contributed by atoms with Crippen molar-refractivity contribution >= 4 is 33.5 Å². The molecular weight excluding hydrogens is 627 g/mol. The summed E-state index contributed by atoms with van der Waals surface area (Å²) in [7, 11) is -7.32. The van der Waals surface area contributed by atoms with Gasteiger partial charge in [-0.3, -0.25) is 9.40 Å². The summed E-state index contributed by atoms with van der Waals surface area (Å²) in [5.74, 6) is -0.693. The molecule has 0 N–H and O–H groups in total. The number of benzene rings is 1. The molecule has 238 valence electrons. The van der Waals surface area contributed by atoms with Gasteiger partial charge < -0.3 is 9.05 Å². The maximum Gasteiger partial charge on any atom is 0.350 e. The first-order valence-corrected chi connectivity index (χ1v) is 18.5. The summed E-state index contributed by atoms with van der Waals surface area (Å²) in [6.07, 6.45) is 0.472. The van der Waals surface area contributed by atoms with Crippen molar-refractivity contribution in [2.24, 2.45) is 22.7 Å². The van der Waals surface area contributed by atoms with Gasteiger partial charge in [0.05, 0.1) is 24.2 Å². The van der Waals surface area contributed by atoms with E-state index in [2.05, 4.69) is 36.7 Å². The number of hydroxylamine groups is 2. The summed E-state index contributed by atoms with van der Waals surface area (Å²) >= 11 is 3.40.